The molecule has 4 heteroatoms. The molecule has 0 aliphatic heterocycles. The molecule has 0 atom stereocenters. The Morgan fingerprint density at radius 3 is 2.52 bits per heavy atom. The van der Waals surface area contributed by atoms with Crippen molar-refractivity contribution >= 4 is 5.91 Å². The Balaban J connectivity index is 1.69. The number of benzene rings is 2. The van der Waals surface area contributed by atoms with Crippen molar-refractivity contribution in [2.75, 3.05) is 13.2 Å². The average molecular weight is 315 g/mol. The summed E-state index contributed by atoms with van der Waals surface area (Å²) in [4.78, 5) is 11.8. The fraction of sp³-hybridized carbons (Fsp3) is 0.316. The molecule has 0 aliphatic rings. The Morgan fingerprint density at radius 2 is 1.83 bits per heavy atom. The number of hydrogen-bond acceptors (Lipinski definition) is 2. The van der Waals surface area contributed by atoms with E-state index in [9.17, 15) is 9.18 Å². The standard InChI is InChI=1S/C19H22FNO2/c1-14-5-3-6-15(2)19(14)23-12-11-21-18(22)10-9-16-7-4-8-17(20)13-16/h3-8,13H,9-12H2,1-2H3,(H,21,22). The van der Waals surface area contributed by atoms with Crippen molar-refractivity contribution in [2.45, 2.75) is 26.7 Å². The molecule has 0 bridgehead atoms. The second kappa shape index (κ2) is 8.32. The first-order valence-corrected chi connectivity index (χ1v) is 7.76. The minimum atomic E-state index is -0.273. The van der Waals surface area contributed by atoms with Crippen LogP contribution in [-0.2, 0) is 11.2 Å². The van der Waals surface area contributed by atoms with E-state index in [1.165, 1.54) is 12.1 Å². The zero-order chi connectivity index (χ0) is 16.7. The Labute approximate surface area is 136 Å². The molecule has 2 rings (SSSR count). The van der Waals surface area contributed by atoms with Gasteiger partial charge in [-0.05, 0) is 49.1 Å². The van der Waals surface area contributed by atoms with E-state index in [-0.39, 0.29) is 11.7 Å². The smallest absolute Gasteiger partial charge is 0.220 e. The molecule has 1 N–H and O–H groups in total. The number of aryl methyl sites for hydroxylation is 3. The van der Waals surface area contributed by atoms with Gasteiger partial charge in [0.1, 0.15) is 18.2 Å². The van der Waals surface area contributed by atoms with E-state index in [1.807, 2.05) is 38.1 Å². The number of ether oxygens (including phenoxy) is 1. The summed E-state index contributed by atoms with van der Waals surface area (Å²) in [6.07, 6.45) is 0.869. The Kier molecular flexibility index (Phi) is 6.15. The van der Waals surface area contributed by atoms with Crippen LogP contribution in [0.4, 0.5) is 4.39 Å². The SMILES string of the molecule is Cc1cccc(C)c1OCCNC(=O)CCc1cccc(F)c1. The molecule has 0 fully saturated rings. The number of para-hydroxylation sites is 1. The first-order chi connectivity index (χ1) is 11.1. The molecule has 3 nitrogen and oxygen atoms in total. The number of amides is 1. The summed E-state index contributed by atoms with van der Waals surface area (Å²) in [7, 11) is 0. The van der Waals surface area contributed by atoms with Crippen LogP contribution in [0.25, 0.3) is 0 Å². The van der Waals surface area contributed by atoms with E-state index < -0.39 is 0 Å². The second-order valence-corrected chi connectivity index (χ2v) is 5.55. The van der Waals surface area contributed by atoms with E-state index in [0.717, 1.165) is 22.4 Å². The first kappa shape index (κ1) is 17.0. The van der Waals surface area contributed by atoms with Gasteiger partial charge in [0.05, 0.1) is 6.54 Å². The van der Waals surface area contributed by atoms with Crippen LogP contribution in [0.5, 0.6) is 5.75 Å². The fourth-order valence-corrected chi connectivity index (χ4v) is 2.41. The number of carbonyl (C=O) groups excluding carboxylic acids is 1. The zero-order valence-electron chi connectivity index (χ0n) is 13.6. The summed E-state index contributed by atoms with van der Waals surface area (Å²) in [6, 6.07) is 12.3. The predicted octanol–water partition coefficient (Wildman–Crippen LogP) is 3.57. The molecule has 0 aromatic heterocycles. The maximum absolute atomic E-state index is 13.0. The lowest BCUT2D eigenvalue weighted by atomic mass is 10.1. The fourth-order valence-electron chi connectivity index (χ4n) is 2.41. The molecule has 2 aromatic carbocycles. The lowest BCUT2D eigenvalue weighted by Gasteiger charge is -2.12. The molecular formula is C19H22FNO2. The quantitative estimate of drug-likeness (QED) is 0.793. The second-order valence-electron chi connectivity index (χ2n) is 5.55. The maximum Gasteiger partial charge on any atom is 0.220 e. The first-order valence-electron chi connectivity index (χ1n) is 7.76. The van der Waals surface area contributed by atoms with E-state index in [1.54, 1.807) is 6.07 Å². The lowest BCUT2D eigenvalue weighted by molar-refractivity contribution is -0.121. The molecule has 23 heavy (non-hydrogen) atoms. The van der Waals surface area contributed by atoms with Crippen LogP contribution >= 0.6 is 0 Å². The van der Waals surface area contributed by atoms with Crippen molar-refractivity contribution in [3.8, 4) is 5.75 Å². The largest absolute Gasteiger partial charge is 0.491 e. The molecule has 0 saturated carbocycles. The number of hydrogen-bond donors (Lipinski definition) is 1. The van der Waals surface area contributed by atoms with Crippen molar-refractivity contribution < 1.29 is 13.9 Å². The Bertz CT molecular complexity index is 650. The molecule has 0 heterocycles. The molecule has 0 radical (unpaired) electrons. The summed E-state index contributed by atoms with van der Waals surface area (Å²) in [5.41, 5.74) is 3.00. The topological polar surface area (TPSA) is 38.3 Å². The molecule has 0 saturated heterocycles. The minimum Gasteiger partial charge on any atom is -0.491 e. The summed E-state index contributed by atoms with van der Waals surface area (Å²) in [6.45, 7) is 4.88. The van der Waals surface area contributed by atoms with Crippen molar-refractivity contribution in [1.82, 2.24) is 5.32 Å². The van der Waals surface area contributed by atoms with Gasteiger partial charge in [-0.1, -0.05) is 30.3 Å². The van der Waals surface area contributed by atoms with Gasteiger partial charge in [0, 0.05) is 6.42 Å². The van der Waals surface area contributed by atoms with Gasteiger partial charge in [-0.25, -0.2) is 4.39 Å². The van der Waals surface area contributed by atoms with Crippen LogP contribution in [-0.4, -0.2) is 19.1 Å². The minimum absolute atomic E-state index is 0.0561. The third-order valence-corrected chi connectivity index (χ3v) is 3.61. The molecule has 0 aliphatic carbocycles. The van der Waals surface area contributed by atoms with Crippen LogP contribution < -0.4 is 10.1 Å². The number of carbonyl (C=O) groups is 1. The van der Waals surface area contributed by atoms with E-state index in [0.29, 0.717) is 26.0 Å². The highest BCUT2D eigenvalue weighted by Crippen LogP contribution is 2.21. The predicted molar refractivity (Wildman–Crippen MR) is 89.1 cm³/mol. The highest BCUT2D eigenvalue weighted by molar-refractivity contribution is 5.76. The van der Waals surface area contributed by atoms with Crippen molar-refractivity contribution in [1.29, 1.82) is 0 Å². The van der Waals surface area contributed by atoms with Crippen molar-refractivity contribution in [3.63, 3.8) is 0 Å². The Morgan fingerprint density at radius 1 is 1.13 bits per heavy atom. The molecule has 0 spiro atoms. The monoisotopic (exact) mass is 315 g/mol. The molecule has 0 unspecified atom stereocenters. The molecular weight excluding hydrogens is 293 g/mol. The van der Waals surface area contributed by atoms with Crippen LogP contribution in [0.1, 0.15) is 23.1 Å². The summed E-state index contributed by atoms with van der Waals surface area (Å²) < 4.78 is 18.8. The molecule has 1 amide bonds. The van der Waals surface area contributed by atoms with Crippen LogP contribution in [0.3, 0.4) is 0 Å². The van der Waals surface area contributed by atoms with Crippen molar-refractivity contribution in [2.24, 2.45) is 0 Å². The number of rotatable bonds is 7. The van der Waals surface area contributed by atoms with E-state index >= 15 is 0 Å². The van der Waals surface area contributed by atoms with Crippen molar-refractivity contribution in [3.05, 3.63) is 65.0 Å². The van der Waals surface area contributed by atoms with Gasteiger partial charge in [-0.2, -0.15) is 0 Å². The van der Waals surface area contributed by atoms with Crippen LogP contribution in [0.15, 0.2) is 42.5 Å². The van der Waals surface area contributed by atoms with Gasteiger partial charge in [0.2, 0.25) is 5.91 Å². The molecule has 2 aromatic rings. The summed E-state index contributed by atoms with van der Waals surface area (Å²) in [5, 5.41) is 2.82. The average Bonchev–Trinajstić information content (AvgIpc) is 2.52. The van der Waals surface area contributed by atoms with Crippen LogP contribution in [0.2, 0.25) is 0 Å². The van der Waals surface area contributed by atoms with Gasteiger partial charge in [-0.15, -0.1) is 0 Å². The van der Waals surface area contributed by atoms with E-state index in [2.05, 4.69) is 5.32 Å². The normalized spacial score (nSPS) is 10.4. The lowest BCUT2D eigenvalue weighted by Crippen LogP contribution is -2.28. The number of halogens is 1. The maximum atomic E-state index is 13.0. The third kappa shape index (κ3) is 5.40. The van der Waals surface area contributed by atoms with Gasteiger partial charge in [0.25, 0.3) is 0 Å². The van der Waals surface area contributed by atoms with Gasteiger partial charge in [-0.3, -0.25) is 4.79 Å². The Hall–Kier alpha value is -2.36. The molecule has 122 valence electrons. The van der Waals surface area contributed by atoms with E-state index in [4.69, 9.17) is 4.74 Å². The highest BCUT2D eigenvalue weighted by Gasteiger charge is 2.05. The third-order valence-electron chi connectivity index (χ3n) is 3.61. The van der Waals surface area contributed by atoms with Crippen LogP contribution in [0, 0.1) is 19.7 Å². The van der Waals surface area contributed by atoms with Gasteiger partial charge >= 0.3 is 0 Å². The zero-order valence-corrected chi connectivity index (χ0v) is 13.6. The summed E-state index contributed by atoms with van der Waals surface area (Å²) in [5.74, 6) is 0.547. The van der Waals surface area contributed by atoms with Gasteiger partial charge < -0.3 is 10.1 Å². The highest BCUT2D eigenvalue weighted by atomic mass is 19.1. The summed E-state index contributed by atoms with van der Waals surface area (Å²) >= 11 is 0. The number of nitrogens with one attached hydrogen (secondary N) is 1. The van der Waals surface area contributed by atoms with Gasteiger partial charge in [0.15, 0.2) is 0 Å².